The Morgan fingerprint density at radius 1 is 1.28 bits per heavy atom. The first-order valence-electron chi connectivity index (χ1n) is 5.30. The second-order valence-electron chi connectivity index (χ2n) is 3.75. The standard InChI is InChI=1S/C12H13BrN4S/c1-7-3-4-8(5-9(7)13)15-11-6-10(14)16-12(17-11)18-2/h3-6H,1-2H3,(H3,14,15,16,17). The van der Waals surface area contributed by atoms with E-state index in [0.29, 0.717) is 16.8 Å². The highest BCUT2D eigenvalue weighted by atomic mass is 79.9. The van der Waals surface area contributed by atoms with Gasteiger partial charge in [-0.1, -0.05) is 33.8 Å². The Kier molecular flexibility index (Phi) is 4.08. The van der Waals surface area contributed by atoms with Gasteiger partial charge < -0.3 is 11.1 Å². The molecule has 2 aromatic rings. The van der Waals surface area contributed by atoms with Gasteiger partial charge in [-0.2, -0.15) is 0 Å². The van der Waals surface area contributed by atoms with Gasteiger partial charge in [0.15, 0.2) is 5.16 Å². The van der Waals surface area contributed by atoms with Crippen LogP contribution in [0, 0.1) is 6.92 Å². The molecule has 0 saturated carbocycles. The lowest BCUT2D eigenvalue weighted by atomic mass is 10.2. The predicted octanol–water partition coefficient (Wildman–Crippen LogP) is 3.60. The molecule has 0 amide bonds. The highest BCUT2D eigenvalue weighted by Crippen LogP contribution is 2.24. The van der Waals surface area contributed by atoms with Crippen LogP contribution in [0.1, 0.15) is 5.56 Å². The lowest BCUT2D eigenvalue weighted by molar-refractivity contribution is 0.984. The number of nitrogens with two attached hydrogens (primary N) is 1. The monoisotopic (exact) mass is 324 g/mol. The van der Waals surface area contributed by atoms with E-state index < -0.39 is 0 Å². The van der Waals surface area contributed by atoms with Crippen LogP contribution in [0.25, 0.3) is 0 Å². The molecule has 0 aliphatic carbocycles. The zero-order valence-corrected chi connectivity index (χ0v) is 12.5. The van der Waals surface area contributed by atoms with Crippen LogP contribution >= 0.6 is 27.7 Å². The number of rotatable bonds is 3. The van der Waals surface area contributed by atoms with Gasteiger partial charge >= 0.3 is 0 Å². The summed E-state index contributed by atoms with van der Waals surface area (Å²) < 4.78 is 1.06. The van der Waals surface area contributed by atoms with Gasteiger partial charge in [-0.15, -0.1) is 0 Å². The molecule has 0 fully saturated rings. The first kappa shape index (κ1) is 13.2. The summed E-state index contributed by atoms with van der Waals surface area (Å²) in [6.07, 6.45) is 1.92. The number of nitrogens with zero attached hydrogens (tertiary/aromatic N) is 2. The van der Waals surface area contributed by atoms with E-state index >= 15 is 0 Å². The fourth-order valence-electron chi connectivity index (χ4n) is 1.42. The zero-order chi connectivity index (χ0) is 13.1. The van der Waals surface area contributed by atoms with Crippen molar-refractivity contribution in [3.05, 3.63) is 34.3 Å². The summed E-state index contributed by atoms with van der Waals surface area (Å²) in [4.78, 5) is 8.45. The Morgan fingerprint density at radius 2 is 2.06 bits per heavy atom. The molecule has 0 unspecified atom stereocenters. The van der Waals surface area contributed by atoms with Crippen LogP contribution in [0.2, 0.25) is 0 Å². The molecule has 0 radical (unpaired) electrons. The van der Waals surface area contributed by atoms with Crippen molar-refractivity contribution in [3.63, 3.8) is 0 Å². The van der Waals surface area contributed by atoms with Crippen LogP contribution in [0.3, 0.4) is 0 Å². The van der Waals surface area contributed by atoms with Crippen molar-refractivity contribution in [2.45, 2.75) is 12.1 Å². The highest BCUT2D eigenvalue weighted by Gasteiger charge is 2.03. The molecule has 0 saturated heterocycles. The number of thioether (sulfide) groups is 1. The van der Waals surface area contributed by atoms with Crippen LogP contribution < -0.4 is 11.1 Å². The number of nitrogens with one attached hydrogen (secondary N) is 1. The maximum absolute atomic E-state index is 5.73. The molecule has 2 rings (SSSR count). The van der Waals surface area contributed by atoms with Crippen molar-refractivity contribution in [1.82, 2.24) is 9.97 Å². The van der Waals surface area contributed by atoms with Crippen molar-refractivity contribution in [2.24, 2.45) is 0 Å². The summed E-state index contributed by atoms with van der Waals surface area (Å²) in [6.45, 7) is 2.04. The van der Waals surface area contributed by atoms with Gasteiger partial charge in [0.05, 0.1) is 0 Å². The minimum absolute atomic E-state index is 0.461. The Hall–Kier alpha value is -1.27. The SMILES string of the molecule is CSc1nc(N)cc(Nc2ccc(C)c(Br)c2)n1. The molecule has 0 atom stereocenters. The van der Waals surface area contributed by atoms with E-state index in [4.69, 9.17) is 5.73 Å². The number of hydrogen-bond acceptors (Lipinski definition) is 5. The molecular weight excluding hydrogens is 312 g/mol. The Morgan fingerprint density at radius 3 is 2.72 bits per heavy atom. The molecule has 0 aliphatic heterocycles. The fourth-order valence-corrected chi connectivity index (χ4v) is 2.18. The summed E-state index contributed by atoms with van der Waals surface area (Å²) in [7, 11) is 0. The maximum atomic E-state index is 5.73. The predicted molar refractivity (Wildman–Crippen MR) is 80.4 cm³/mol. The van der Waals surface area contributed by atoms with E-state index in [1.165, 1.54) is 17.3 Å². The van der Waals surface area contributed by atoms with Gasteiger partial charge in [-0.25, -0.2) is 9.97 Å². The first-order valence-corrected chi connectivity index (χ1v) is 7.32. The van der Waals surface area contributed by atoms with E-state index in [9.17, 15) is 0 Å². The van der Waals surface area contributed by atoms with Crippen molar-refractivity contribution >= 4 is 45.0 Å². The third-order valence-corrected chi connectivity index (χ3v) is 3.75. The maximum Gasteiger partial charge on any atom is 0.191 e. The van der Waals surface area contributed by atoms with Gasteiger partial charge in [0.1, 0.15) is 11.6 Å². The Balaban J connectivity index is 2.27. The van der Waals surface area contributed by atoms with Crippen molar-refractivity contribution in [2.75, 3.05) is 17.3 Å². The summed E-state index contributed by atoms with van der Waals surface area (Å²) in [5.41, 5.74) is 7.87. The van der Waals surface area contributed by atoms with Gasteiger partial charge in [0.2, 0.25) is 0 Å². The number of anilines is 3. The third-order valence-electron chi connectivity index (χ3n) is 2.35. The summed E-state index contributed by atoms with van der Waals surface area (Å²) >= 11 is 4.96. The molecule has 1 heterocycles. The quantitative estimate of drug-likeness (QED) is 0.667. The van der Waals surface area contributed by atoms with Crippen LogP contribution in [-0.2, 0) is 0 Å². The molecule has 6 heteroatoms. The molecule has 18 heavy (non-hydrogen) atoms. The van der Waals surface area contributed by atoms with Crippen molar-refractivity contribution < 1.29 is 0 Å². The van der Waals surface area contributed by atoms with Crippen molar-refractivity contribution in [3.8, 4) is 0 Å². The smallest absolute Gasteiger partial charge is 0.191 e. The number of halogens is 1. The average Bonchev–Trinajstić information content (AvgIpc) is 2.33. The number of benzene rings is 1. The van der Waals surface area contributed by atoms with Crippen molar-refractivity contribution in [1.29, 1.82) is 0 Å². The molecule has 4 nitrogen and oxygen atoms in total. The van der Waals surface area contributed by atoms with E-state index in [0.717, 1.165) is 10.2 Å². The van der Waals surface area contributed by atoms with E-state index in [2.05, 4.69) is 31.2 Å². The van der Waals surface area contributed by atoms with Gasteiger partial charge in [0, 0.05) is 16.2 Å². The number of aromatic nitrogens is 2. The van der Waals surface area contributed by atoms with Gasteiger partial charge in [-0.3, -0.25) is 0 Å². The minimum Gasteiger partial charge on any atom is -0.383 e. The first-order chi connectivity index (χ1) is 8.58. The summed E-state index contributed by atoms with van der Waals surface area (Å²) in [5, 5.41) is 3.87. The van der Waals surface area contributed by atoms with Crippen LogP contribution in [-0.4, -0.2) is 16.2 Å². The highest BCUT2D eigenvalue weighted by molar-refractivity contribution is 9.10. The molecule has 0 aliphatic rings. The Labute approximate surface area is 119 Å². The molecule has 0 spiro atoms. The molecule has 3 N–H and O–H groups in total. The molecule has 0 bridgehead atoms. The average molecular weight is 325 g/mol. The molecular formula is C12H13BrN4S. The lowest BCUT2D eigenvalue weighted by Crippen LogP contribution is -2.00. The molecule has 94 valence electrons. The molecule has 1 aromatic heterocycles. The second-order valence-corrected chi connectivity index (χ2v) is 5.38. The number of aryl methyl sites for hydroxylation is 1. The third kappa shape index (κ3) is 3.14. The molecule has 1 aromatic carbocycles. The van der Waals surface area contributed by atoms with E-state index in [1.807, 2.05) is 31.4 Å². The van der Waals surface area contributed by atoms with Crippen LogP contribution in [0.15, 0.2) is 33.9 Å². The van der Waals surface area contributed by atoms with E-state index in [1.54, 1.807) is 6.07 Å². The Bertz CT molecular complexity index is 574. The normalized spacial score (nSPS) is 10.4. The van der Waals surface area contributed by atoms with Crippen LogP contribution in [0.4, 0.5) is 17.3 Å². The minimum atomic E-state index is 0.461. The topological polar surface area (TPSA) is 63.8 Å². The fraction of sp³-hybridized carbons (Fsp3) is 0.167. The van der Waals surface area contributed by atoms with Crippen LogP contribution in [0.5, 0.6) is 0 Å². The summed E-state index contributed by atoms with van der Waals surface area (Å²) in [5.74, 6) is 1.16. The lowest BCUT2D eigenvalue weighted by Gasteiger charge is -2.08. The summed E-state index contributed by atoms with van der Waals surface area (Å²) in [6, 6.07) is 7.75. The van der Waals surface area contributed by atoms with Gasteiger partial charge in [-0.05, 0) is 30.9 Å². The number of hydrogen-bond donors (Lipinski definition) is 2. The van der Waals surface area contributed by atoms with E-state index in [-0.39, 0.29) is 0 Å². The van der Waals surface area contributed by atoms with Gasteiger partial charge in [0.25, 0.3) is 0 Å². The number of nitrogen functional groups attached to an aromatic ring is 1. The second kappa shape index (κ2) is 5.58. The zero-order valence-electron chi connectivity index (χ0n) is 10.1. The largest absolute Gasteiger partial charge is 0.383 e.